The lowest BCUT2D eigenvalue weighted by Crippen LogP contribution is -2.33. The van der Waals surface area contributed by atoms with Crippen LogP contribution in [0.2, 0.25) is 0 Å². The van der Waals surface area contributed by atoms with Gasteiger partial charge < -0.3 is 14.8 Å². The highest BCUT2D eigenvalue weighted by Crippen LogP contribution is 2.31. The number of para-hydroxylation sites is 2. The number of anilines is 1. The number of carbonyl (C=O) groups excluding carboxylic acids is 1. The van der Waals surface area contributed by atoms with Gasteiger partial charge in [-0.3, -0.25) is 9.48 Å². The molecule has 1 aliphatic rings. The predicted octanol–water partition coefficient (Wildman–Crippen LogP) is 3.16. The summed E-state index contributed by atoms with van der Waals surface area (Å²) in [5, 5.41) is 11.4. The summed E-state index contributed by atoms with van der Waals surface area (Å²) in [4.78, 5) is 12.6. The molecule has 0 saturated heterocycles. The second-order valence-corrected chi connectivity index (χ2v) is 6.90. The van der Waals surface area contributed by atoms with Crippen molar-refractivity contribution in [1.29, 1.82) is 0 Å². The van der Waals surface area contributed by atoms with Crippen molar-refractivity contribution >= 4 is 11.6 Å². The highest BCUT2D eigenvalue weighted by molar-refractivity contribution is 6.04. The van der Waals surface area contributed by atoms with Crippen LogP contribution in [-0.4, -0.2) is 38.2 Å². The molecule has 4 aromatic rings. The standard InChI is InChI=1S/C22H19N5O3/c28-22(16-5-3-6-18(11-16)27-10-4-9-23-27)25-17-12-24-26(13-17)14-19-15-29-20-7-1-2-8-21(20)30-19/h1-13,19H,14-15H2,(H,25,28)/t19-/m1/s1. The number of rotatable bonds is 5. The van der Waals surface area contributed by atoms with Gasteiger partial charge in [0, 0.05) is 24.2 Å². The lowest BCUT2D eigenvalue weighted by Gasteiger charge is -2.26. The fourth-order valence-electron chi connectivity index (χ4n) is 3.30. The summed E-state index contributed by atoms with van der Waals surface area (Å²) in [6.07, 6.45) is 6.76. The molecule has 1 N–H and O–H groups in total. The molecule has 1 aliphatic heterocycles. The monoisotopic (exact) mass is 401 g/mol. The van der Waals surface area contributed by atoms with Gasteiger partial charge >= 0.3 is 0 Å². The van der Waals surface area contributed by atoms with E-state index in [-0.39, 0.29) is 12.0 Å². The number of fused-ring (bicyclic) bond motifs is 1. The van der Waals surface area contributed by atoms with Gasteiger partial charge in [-0.2, -0.15) is 10.2 Å². The molecule has 30 heavy (non-hydrogen) atoms. The number of ether oxygens (including phenoxy) is 2. The molecule has 0 spiro atoms. The third-order valence-corrected chi connectivity index (χ3v) is 4.73. The molecule has 0 bridgehead atoms. The van der Waals surface area contributed by atoms with E-state index in [4.69, 9.17) is 9.47 Å². The van der Waals surface area contributed by atoms with E-state index in [1.54, 1.807) is 40.1 Å². The topological polar surface area (TPSA) is 83.2 Å². The maximum Gasteiger partial charge on any atom is 0.255 e. The normalized spacial score (nSPS) is 15.0. The van der Waals surface area contributed by atoms with E-state index in [9.17, 15) is 4.79 Å². The first-order valence-electron chi connectivity index (χ1n) is 9.57. The van der Waals surface area contributed by atoms with E-state index in [2.05, 4.69) is 15.5 Å². The molecule has 3 heterocycles. The summed E-state index contributed by atoms with van der Waals surface area (Å²) in [5.74, 6) is 1.26. The first-order chi connectivity index (χ1) is 14.7. The van der Waals surface area contributed by atoms with Crippen molar-refractivity contribution in [3.8, 4) is 17.2 Å². The van der Waals surface area contributed by atoms with Gasteiger partial charge in [0.1, 0.15) is 6.61 Å². The van der Waals surface area contributed by atoms with Gasteiger partial charge in [-0.1, -0.05) is 18.2 Å². The predicted molar refractivity (Wildman–Crippen MR) is 110 cm³/mol. The van der Waals surface area contributed by atoms with E-state index >= 15 is 0 Å². The summed E-state index contributed by atoms with van der Waals surface area (Å²) in [5.41, 5.74) is 1.97. The third-order valence-electron chi connectivity index (χ3n) is 4.73. The van der Waals surface area contributed by atoms with E-state index in [0.29, 0.717) is 24.4 Å². The van der Waals surface area contributed by atoms with Gasteiger partial charge in [-0.15, -0.1) is 0 Å². The Morgan fingerprint density at radius 1 is 1.10 bits per heavy atom. The number of nitrogens with zero attached hydrogens (tertiary/aromatic N) is 4. The minimum Gasteiger partial charge on any atom is -0.486 e. The third kappa shape index (κ3) is 3.75. The Labute approximate surface area is 172 Å². The molecule has 2 aromatic heterocycles. The molecule has 5 rings (SSSR count). The lowest BCUT2D eigenvalue weighted by molar-refractivity contribution is 0.0759. The average molecular weight is 401 g/mol. The molecule has 1 amide bonds. The molecule has 0 aliphatic carbocycles. The number of hydrogen-bond donors (Lipinski definition) is 1. The highest BCUT2D eigenvalue weighted by Gasteiger charge is 2.21. The number of aromatic nitrogens is 4. The molecule has 0 fully saturated rings. The summed E-state index contributed by atoms with van der Waals surface area (Å²) in [7, 11) is 0. The first-order valence-corrected chi connectivity index (χ1v) is 9.57. The molecule has 0 radical (unpaired) electrons. The van der Waals surface area contributed by atoms with Crippen molar-refractivity contribution in [1.82, 2.24) is 19.6 Å². The van der Waals surface area contributed by atoms with Gasteiger partial charge in [-0.05, 0) is 36.4 Å². The molecule has 8 heteroatoms. The number of benzene rings is 2. The second-order valence-electron chi connectivity index (χ2n) is 6.90. The number of nitrogens with one attached hydrogen (secondary N) is 1. The van der Waals surface area contributed by atoms with Crippen LogP contribution in [0.3, 0.4) is 0 Å². The maximum atomic E-state index is 12.6. The van der Waals surface area contributed by atoms with Gasteiger partial charge in [-0.25, -0.2) is 4.68 Å². The Balaban J connectivity index is 1.23. The molecule has 150 valence electrons. The van der Waals surface area contributed by atoms with Crippen molar-refractivity contribution < 1.29 is 14.3 Å². The van der Waals surface area contributed by atoms with Crippen molar-refractivity contribution in [2.75, 3.05) is 11.9 Å². The number of hydrogen-bond acceptors (Lipinski definition) is 5. The van der Waals surface area contributed by atoms with Crippen LogP contribution in [0.1, 0.15) is 10.4 Å². The molecule has 8 nitrogen and oxygen atoms in total. The largest absolute Gasteiger partial charge is 0.486 e. The molecule has 0 saturated carbocycles. The summed E-state index contributed by atoms with van der Waals surface area (Å²) >= 11 is 0. The van der Waals surface area contributed by atoms with Crippen LogP contribution in [0.15, 0.2) is 79.4 Å². The lowest BCUT2D eigenvalue weighted by atomic mass is 10.2. The SMILES string of the molecule is O=C(Nc1cnn(C[C@@H]2COc3ccccc3O2)c1)c1cccc(-n2cccn2)c1. The second kappa shape index (κ2) is 7.75. The average Bonchev–Trinajstić information content (AvgIpc) is 3.46. The van der Waals surface area contributed by atoms with Gasteiger partial charge in [0.05, 0.1) is 24.1 Å². The minimum absolute atomic E-state index is 0.158. The van der Waals surface area contributed by atoms with Crippen LogP contribution < -0.4 is 14.8 Å². The van der Waals surface area contributed by atoms with Crippen molar-refractivity contribution in [3.05, 3.63) is 84.9 Å². The Bertz CT molecular complexity index is 1170. The van der Waals surface area contributed by atoms with E-state index in [0.717, 1.165) is 17.2 Å². The quantitative estimate of drug-likeness (QED) is 0.555. The summed E-state index contributed by atoms with van der Waals surface area (Å²) in [6.45, 7) is 0.956. The Hall–Kier alpha value is -4.07. The van der Waals surface area contributed by atoms with E-state index in [1.165, 1.54) is 0 Å². The number of amides is 1. The van der Waals surface area contributed by atoms with E-state index in [1.807, 2.05) is 48.7 Å². The number of carbonyl (C=O) groups is 1. The summed E-state index contributed by atoms with van der Waals surface area (Å²) in [6, 6.07) is 16.7. The molecular formula is C22H19N5O3. The fourth-order valence-corrected chi connectivity index (χ4v) is 3.30. The van der Waals surface area contributed by atoms with Crippen molar-refractivity contribution in [3.63, 3.8) is 0 Å². The van der Waals surface area contributed by atoms with Crippen LogP contribution >= 0.6 is 0 Å². The Morgan fingerprint density at radius 2 is 2.00 bits per heavy atom. The molecule has 2 aromatic carbocycles. The smallest absolute Gasteiger partial charge is 0.255 e. The molecular weight excluding hydrogens is 382 g/mol. The maximum absolute atomic E-state index is 12.6. The zero-order valence-corrected chi connectivity index (χ0v) is 16.0. The van der Waals surface area contributed by atoms with Gasteiger partial charge in [0.25, 0.3) is 5.91 Å². The van der Waals surface area contributed by atoms with Crippen LogP contribution in [0.25, 0.3) is 5.69 Å². The van der Waals surface area contributed by atoms with Crippen LogP contribution in [-0.2, 0) is 6.54 Å². The summed E-state index contributed by atoms with van der Waals surface area (Å²) < 4.78 is 15.1. The van der Waals surface area contributed by atoms with Crippen molar-refractivity contribution in [2.24, 2.45) is 0 Å². The Morgan fingerprint density at radius 3 is 2.87 bits per heavy atom. The van der Waals surface area contributed by atoms with Crippen LogP contribution in [0.4, 0.5) is 5.69 Å². The Kier molecular flexibility index (Phi) is 4.65. The van der Waals surface area contributed by atoms with Crippen LogP contribution in [0.5, 0.6) is 11.5 Å². The zero-order chi connectivity index (χ0) is 20.3. The first kappa shape index (κ1) is 18.0. The highest BCUT2D eigenvalue weighted by atomic mass is 16.6. The zero-order valence-electron chi connectivity index (χ0n) is 16.0. The van der Waals surface area contributed by atoms with E-state index < -0.39 is 0 Å². The van der Waals surface area contributed by atoms with Crippen LogP contribution in [0, 0.1) is 0 Å². The van der Waals surface area contributed by atoms with Gasteiger partial charge in [0.15, 0.2) is 17.6 Å². The molecule has 1 atom stereocenters. The van der Waals surface area contributed by atoms with Crippen molar-refractivity contribution in [2.45, 2.75) is 12.6 Å². The fraction of sp³-hybridized carbons (Fsp3) is 0.136. The van der Waals surface area contributed by atoms with Gasteiger partial charge in [0.2, 0.25) is 0 Å². The minimum atomic E-state index is -0.213. The molecule has 0 unspecified atom stereocenters.